The van der Waals surface area contributed by atoms with Crippen LogP contribution in [0.25, 0.3) is 10.9 Å². The molecule has 0 N–H and O–H groups in total. The number of benzene rings is 1. The Bertz CT molecular complexity index is 1040. The standard InChI is InChI=1S/C24H28N2O2S/c1-3-25-21(14-18-10-13-29-24(18)25)23(27)22-16(2)26(15-17-8-11-28-12-9-17)20-7-5-4-6-19(20)22/h4-7,10,13,17,21H,3,8-9,11-12,14-15H2,1-2H3. The number of para-hydroxylation sites is 1. The predicted octanol–water partition coefficient (Wildman–Crippen LogP) is 5.07. The van der Waals surface area contributed by atoms with Gasteiger partial charge in [-0.25, -0.2) is 0 Å². The summed E-state index contributed by atoms with van der Waals surface area (Å²) in [5.74, 6) is 0.890. The molecular formula is C24H28N2O2S. The van der Waals surface area contributed by atoms with Crippen LogP contribution < -0.4 is 4.90 Å². The van der Waals surface area contributed by atoms with Crippen LogP contribution in [0.1, 0.15) is 41.4 Å². The Morgan fingerprint density at radius 3 is 2.79 bits per heavy atom. The summed E-state index contributed by atoms with van der Waals surface area (Å²) in [6.45, 7) is 7.82. The molecule has 2 aliphatic rings. The molecule has 0 bridgehead atoms. The lowest BCUT2D eigenvalue weighted by atomic mass is 9.98. The van der Waals surface area contributed by atoms with Crippen molar-refractivity contribution >= 4 is 33.0 Å². The van der Waals surface area contributed by atoms with Crippen molar-refractivity contribution < 1.29 is 9.53 Å². The van der Waals surface area contributed by atoms with E-state index in [1.54, 1.807) is 11.3 Å². The SMILES string of the molecule is CCN1c2sccc2CC1C(=O)c1c(C)n(CC2CCOCC2)c2ccccc12. The lowest BCUT2D eigenvalue weighted by Crippen LogP contribution is -2.38. The normalized spacial score (nSPS) is 19.8. The van der Waals surface area contributed by atoms with Gasteiger partial charge in [0.25, 0.3) is 0 Å². The van der Waals surface area contributed by atoms with E-state index >= 15 is 0 Å². The monoisotopic (exact) mass is 408 g/mol. The number of anilines is 1. The zero-order valence-electron chi connectivity index (χ0n) is 17.2. The maximum atomic E-state index is 13.9. The van der Waals surface area contributed by atoms with Crippen LogP contribution in [0.5, 0.6) is 0 Å². The van der Waals surface area contributed by atoms with E-state index in [2.05, 4.69) is 59.0 Å². The Hall–Kier alpha value is -2.11. The van der Waals surface area contributed by atoms with E-state index in [9.17, 15) is 4.79 Å². The summed E-state index contributed by atoms with van der Waals surface area (Å²) >= 11 is 1.75. The lowest BCUT2D eigenvalue weighted by molar-refractivity contribution is 0.0614. The summed E-state index contributed by atoms with van der Waals surface area (Å²) in [4.78, 5) is 16.2. The highest BCUT2D eigenvalue weighted by Crippen LogP contribution is 2.39. The lowest BCUT2D eigenvalue weighted by Gasteiger charge is -2.25. The highest BCUT2D eigenvalue weighted by molar-refractivity contribution is 7.14. The molecule has 5 heteroatoms. The molecule has 4 heterocycles. The fourth-order valence-corrected chi connectivity index (χ4v) is 6.18. The van der Waals surface area contributed by atoms with Gasteiger partial charge in [0.15, 0.2) is 5.78 Å². The van der Waals surface area contributed by atoms with Crippen molar-refractivity contribution in [1.29, 1.82) is 0 Å². The fraction of sp³-hybridized carbons (Fsp3) is 0.458. The molecule has 3 aromatic rings. The molecule has 29 heavy (non-hydrogen) atoms. The Kier molecular flexibility index (Phi) is 4.96. The molecule has 1 aromatic carbocycles. The summed E-state index contributed by atoms with van der Waals surface area (Å²) in [7, 11) is 0. The average molecular weight is 409 g/mol. The predicted molar refractivity (Wildman–Crippen MR) is 119 cm³/mol. The van der Waals surface area contributed by atoms with Crippen LogP contribution in [0.3, 0.4) is 0 Å². The highest BCUT2D eigenvalue weighted by atomic mass is 32.1. The summed E-state index contributed by atoms with van der Waals surface area (Å²) in [6, 6.07) is 10.5. The average Bonchev–Trinajstić information content (AvgIpc) is 3.41. The van der Waals surface area contributed by atoms with Gasteiger partial charge in [0, 0.05) is 54.9 Å². The van der Waals surface area contributed by atoms with Crippen LogP contribution >= 0.6 is 11.3 Å². The maximum absolute atomic E-state index is 13.9. The summed E-state index contributed by atoms with van der Waals surface area (Å²) < 4.78 is 7.93. The van der Waals surface area contributed by atoms with E-state index in [1.807, 2.05) is 0 Å². The van der Waals surface area contributed by atoms with Crippen LogP contribution in [0.2, 0.25) is 0 Å². The fourth-order valence-electron chi connectivity index (χ4n) is 5.12. The van der Waals surface area contributed by atoms with Crippen LogP contribution in [-0.4, -0.2) is 36.2 Å². The van der Waals surface area contributed by atoms with E-state index in [0.29, 0.717) is 5.92 Å². The van der Waals surface area contributed by atoms with Gasteiger partial charge in [-0.3, -0.25) is 4.79 Å². The number of thiophene rings is 1. The molecule has 2 aliphatic heterocycles. The van der Waals surface area contributed by atoms with Gasteiger partial charge in [-0.2, -0.15) is 0 Å². The van der Waals surface area contributed by atoms with Crippen LogP contribution in [-0.2, 0) is 17.7 Å². The molecule has 2 aromatic heterocycles. The van der Waals surface area contributed by atoms with Gasteiger partial charge >= 0.3 is 0 Å². The number of ether oxygens (including phenoxy) is 1. The molecule has 1 fully saturated rings. The van der Waals surface area contributed by atoms with E-state index in [1.165, 1.54) is 16.1 Å². The molecule has 5 rings (SSSR count). The minimum atomic E-state index is -0.0801. The van der Waals surface area contributed by atoms with Gasteiger partial charge in [0.1, 0.15) is 0 Å². The Morgan fingerprint density at radius 1 is 1.21 bits per heavy atom. The topological polar surface area (TPSA) is 34.5 Å². The molecule has 1 atom stereocenters. The molecule has 0 radical (unpaired) electrons. The van der Waals surface area contributed by atoms with Crippen molar-refractivity contribution in [3.8, 4) is 0 Å². The van der Waals surface area contributed by atoms with Crippen molar-refractivity contribution in [2.24, 2.45) is 5.92 Å². The Balaban J connectivity index is 1.54. The molecule has 152 valence electrons. The first kappa shape index (κ1) is 18.9. The number of aromatic nitrogens is 1. The third-order valence-corrected chi connectivity index (χ3v) is 7.67. The third kappa shape index (κ3) is 3.11. The van der Waals surface area contributed by atoms with E-state index in [-0.39, 0.29) is 11.8 Å². The number of fused-ring (bicyclic) bond motifs is 2. The number of carbonyl (C=O) groups excluding carboxylic acids is 1. The first-order valence-electron chi connectivity index (χ1n) is 10.7. The van der Waals surface area contributed by atoms with Crippen molar-refractivity contribution in [1.82, 2.24) is 4.57 Å². The highest BCUT2D eigenvalue weighted by Gasteiger charge is 2.37. The third-order valence-electron chi connectivity index (χ3n) is 6.68. The Labute approximate surface area is 176 Å². The van der Waals surface area contributed by atoms with Gasteiger partial charge in [0.05, 0.1) is 11.0 Å². The summed E-state index contributed by atoms with van der Waals surface area (Å²) in [5, 5.41) is 4.52. The van der Waals surface area contributed by atoms with Gasteiger partial charge in [0.2, 0.25) is 0 Å². The number of likely N-dealkylation sites (N-methyl/N-ethyl adjacent to an activating group) is 1. The molecule has 0 aliphatic carbocycles. The first-order valence-corrected chi connectivity index (χ1v) is 11.6. The zero-order valence-corrected chi connectivity index (χ0v) is 18.0. The number of Topliss-reactive ketones (excluding diaryl/α,β-unsaturated/α-hetero) is 1. The molecule has 0 amide bonds. The first-order chi connectivity index (χ1) is 14.2. The quantitative estimate of drug-likeness (QED) is 0.553. The number of carbonyl (C=O) groups is 1. The Morgan fingerprint density at radius 2 is 2.00 bits per heavy atom. The summed E-state index contributed by atoms with van der Waals surface area (Å²) in [5.41, 5.74) is 4.55. The number of rotatable bonds is 5. The summed E-state index contributed by atoms with van der Waals surface area (Å²) in [6.07, 6.45) is 3.02. The minimum Gasteiger partial charge on any atom is -0.381 e. The number of hydrogen-bond acceptors (Lipinski definition) is 4. The molecule has 0 spiro atoms. The largest absolute Gasteiger partial charge is 0.381 e. The van der Waals surface area contributed by atoms with Crippen LogP contribution in [0.4, 0.5) is 5.00 Å². The second kappa shape index (κ2) is 7.62. The van der Waals surface area contributed by atoms with Crippen molar-refractivity contribution in [3.05, 3.63) is 52.5 Å². The molecule has 4 nitrogen and oxygen atoms in total. The zero-order chi connectivity index (χ0) is 20.0. The maximum Gasteiger partial charge on any atom is 0.188 e. The molecule has 1 saturated heterocycles. The smallest absolute Gasteiger partial charge is 0.188 e. The van der Waals surface area contributed by atoms with Crippen molar-refractivity contribution in [3.63, 3.8) is 0 Å². The van der Waals surface area contributed by atoms with Gasteiger partial charge in [-0.1, -0.05) is 18.2 Å². The number of hydrogen-bond donors (Lipinski definition) is 0. The van der Waals surface area contributed by atoms with Crippen molar-refractivity contribution in [2.75, 3.05) is 24.7 Å². The number of ketones is 1. The van der Waals surface area contributed by atoms with Gasteiger partial charge in [-0.15, -0.1) is 11.3 Å². The van der Waals surface area contributed by atoms with Crippen molar-refractivity contribution in [2.45, 2.75) is 45.7 Å². The second-order valence-corrected chi connectivity index (χ2v) is 9.16. The number of nitrogens with zero attached hydrogens (tertiary/aromatic N) is 2. The van der Waals surface area contributed by atoms with Crippen LogP contribution in [0, 0.1) is 12.8 Å². The minimum absolute atomic E-state index is 0.0801. The van der Waals surface area contributed by atoms with E-state index in [4.69, 9.17) is 4.74 Å². The molecule has 1 unspecified atom stereocenters. The molecule has 0 saturated carbocycles. The second-order valence-electron chi connectivity index (χ2n) is 8.27. The molecular weight excluding hydrogens is 380 g/mol. The van der Waals surface area contributed by atoms with Gasteiger partial charge < -0.3 is 14.2 Å². The van der Waals surface area contributed by atoms with E-state index in [0.717, 1.165) is 62.2 Å². The van der Waals surface area contributed by atoms with E-state index < -0.39 is 0 Å². The van der Waals surface area contributed by atoms with Crippen LogP contribution in [0.15, 0.2) is 35.7 Å². The van der Waals surface area contributed by atoms with Gasteiger partial charge in [-0.05, 0) is 55.7 Å².